The number of nitrogens with zero attached hydrogens (tertiary/aromatic N) is 3. The number of aryl methyl sites for hydroxylation is 1. The van der Waals surface area contributed by atoms with E-state index in [0.29, 0.717) is 0 Å². The van der Waals surface area contributed by atoms with Crippen molar-refractivity contribution < 1.29 is 4.79 Å². The van der Waals surface area contributed by atoms with Gasteiger partial charge in [0.25, 0.3) is 0 Å². The van der Waals surface area contributed by atoms with E-state index in [1.54, 1.807) is 0 Å². The molecule has 1 fully saturated rings. The number of halogens is 1. The lowest BCUT2D eigenvalue weighted by atomic mass is 10.1. The molecule has 0 atom stereocenters. The maximum atomic E-state index is 12.1. The fraction of sp³-hybridized carbons (Fsp3) is 0.556. The summed E-state index contributed by atoms with van der Waals surface area (Å²) in [4.78, 5) is 20.6. The fourth-order valence-electron chi connectivity index (χ4n) is 2.72. The standard InChI is InChI=1S/C18H28N4O.HI/c1-4-19-18(20-13-17(23)22-11-5-6-12-22)21(3)14-16-9-7-15(2)8-10-16;/h7-10H,4-6,11-14H2,1-3H3,(H,19,20);1H. The normalized spacial score (nSPS) is 14.3. The summed E-state index contributed by atoms with van der Waals surface area (Å²) in [5.41, 5.74) is 2.49. The number of guanidine groups is 1. The number of likely N-dealkylation sites (tertiary alicyclic amines) is 1. The summed E-state index contributed by atoms with van der Waals surface area (Å²) in [6.07, 6.45) is 2.23. The number of amides is 1. The van der Waals surface area contributed by atoms with Gasteiger partial charge in [-0.15, -0.1) is 24.0 Å². The summed E-state index contributed by atoms with van der Waals surface area (Å²) >= 11 is 0. The van der Waals surface area contributed by atoms with Gasteiger partial charge in [0.2, 0.25) is 5.91 Å². The highest BCUT2D eigenvalue weighted by Gasteiger charge is 2.17. The lowest BCUT2D eigenvalue weighted by Crippen LogP contribution is -2.39. The second-order valence-corrected chi connectivity index (χ2v) is 6.10. The molecule has 134 valence electrons. The van der Waals surface area contributed by atoms with E-state index >= 15 is 0 Å². The first-order chi connectivity index (χ1) is 11.1. The van der Waals surface area contributed by atoms with Crippen molar-refractivity contribution in [2.45, 2.75) is 33.2 Å². The van der Waals surface area contributed by atoms with Crippen LogP contribution in [0.4, 0.5) is 0 Å². The van der Waals surface area contributed by atoms with Crippen molar-refractivity contribution in [3.8, 4) is 0 Å². The summed E-state index contributed by atoms with van der Waals surface area (Å²) in [7, 11) is 2.00. The molecule has 1 aliphatic rings. The largest absolute Gasteiger partial charge is 0.357 e. The lowest BCUT2D eigenvalue weighted by Gasteiger charge is -2.22. The minimum Gasteiger partial charge on any atom is -0.357 e. The molecule has 2 rings (SSSR count). The molecule has 1 N–H and O–H groups in total. The number of aliphatic imine (C=N–C) groups is 1. The Labute approximate surface area is 162 Å². The molecule has 0 aromatic heterocycles. The molecule has 1 heterocycles. The lowest BCUT2D eigenvalue weighted by molar-refractivity contribution is -0.128. The maximum absolute atomic E-state index is 12.1. The van der Waals surface area contributed by atoms with E-state index in [2.05, 4.69) is 46.4 Å². The third-order valence-electron chi connectivity index (χ3n) is 4.06. The number of nitrogens with one attached hydrogen (secondary N) is 1. The number of rotatable bonds is 5. The molecule has 1 aromatic rings. The van der Waals surface area contributed by atoms with E-state index in [0.717, 1.165) is 45.0 Å². The summed E-state index contributed by atoms with van der Waals surface area (Å²) in [6, 6.07) is 8.49. The summed E-state index contributed by atoms with van der Waals surface area (Å²) in [6.45, 7) is 7.66. The fourth-order valence-corrected chi connectivity index (χ4v) is 2.72. The first kappa shape index (κ1) is 20.7. The molecule has 0 spiro atoms. The quantitative estimate of drug-likeness (QED) is 0.432. The van der Waals surface area contributed by atoms with Crippen molar-refractivity contribution in [1.82, 2.24) is 15.1 Å². The monoisotopic (exact) mass is 444 g/mol. The molecule has 1 saturated heterocycles. The van der Waals surface area contributed by atoms with Crippen molar-refractivity contribution in [2.24, 2.45) is 4.99 Å². The average molecular weight is 444 g/mol. The second-order valence-electron chi connectivity index (χ2n) is 6.10. The van der Waals surface area contributed by atoms with Gasteiger partial charge in [0.05, 0.1) is 0 Å². The summed E-state index contributed by atoms with van der Waals surface area (Å²) < 4.78 is 0. The Morgan fingerprint density at radius 3 is 2.46 bits per heavy atom. The van der Waals surface area contributed by atoms with Crippen LogP contribution in [-0.2, 0) is 11.3 Å². The Kier molecular flexibility index (Phi) is 9.10. The third-order valence-corrected chi connectivity index (χ3v) is 4.06. The van der Waals surface area contributed by atoms with Crippen LogP contribution in [0.25, 0.3) is 0 Å². The van der Waals surface area contributed by atoms with Gasteiger partial charge < -0.3 is 15.1 Å². The summed E-state index contributed by atoms with van der Waals surface area (Å²) in [5.74, 6) is 0.905. The number of hydrogen-bond acceptors (Lipinski definition) is 2. The minimum atomic E-state index is 0. The molecule has 1 aromatic carbocycles. The molecule has 6 heteroatoms. The maximum Gasteiger partial charge on any atom is 0.244 e. The number of carbonyl (C=O) groups is 1. The first-order valence-corrected chi connectivity index (χ1v) is 8.43. The van der Waals surface area contributed by atoms with Gasteiger partial charge in [0.15, 0.2) is 5.96 Å². The predicted molar refractivity (Wildman–Crippen MR) is 110 cm³/mol. The molecular formula is C18H29IN4O. The average Bonchev–Trinajstić information content (AvgIpc) is 3.07. The molecule has 1 aliphatic heterocycles. The highest BCUT2D eigenvalue weighted by molar-refractivity contribution is 14.0. The molecule has 5 nitrogen and oxygen atoms in total. The smallest absolute Gasteiger partial charge is 0.244 e. The van der Waals surface area contributed by atoms with Crippen molar-refractivity contribution in [2.75, 3.05) is 33.2 Å². The van der Waals surface area contributed by atoms with Crippen LogP contribution < -0.4 is 5.32 Å². The molecule has 24 heavy (non-hydrogen) atoms. The van der Waals surface area contributed by atoms with E-state index in [1.807, 2.05) is 18.9 Å². The van der Waals surface area contributed by atoms with Crippen molar-refractivity contribution in [3.05, 3.63) is 35.4 Å². The number of hydrogen-bond donors (Lipinski definition) is 1. The highest BCUT2D eigenvalue weighted by Crippen LogP contribution is 2.08. The zero-order chi connectivity index (χ0) is 16.7. The Hall–Kier alpha value is -1.31. The third kappa shape index (κ3) is 6.30. The molecule has 0 radical (unpaired) electrons. The molecule has 0 saturated carbocycles. The van der Waals surface area contributed by atoms with Crippen molar-refractivity contribution in [3.63, 3.8) is 0 Å². The van der Waals surface area contributed by atoms with Gasteiger partial charge in [-0.25, -0.2) is 4.99 Å². The van der Waals surface area contributed by atoms with E-state index in [4.69, 9.17) is 0 Å². The predicted octanol–water partition coefficient (Wildman–Crippen LogP) is 2.63. The van der Waals surface area contributed by atoms with Crippen molar-refractivity contribution >= 4 is 35.8 Å². The second kappa shape index (κ2) is 10.5. The van der Waals surface area contributed by atoms with Crippen molar-refractivity contribution in [1.29, 1.82) is 0 Å². The molecule has 0 unspecified atom stereocenters. The van der Waals surface area contributed by atoms with Gasteiger partial charge in [-0.05, 0) is 32.3 Å². The van der Waals surface area contributed by atoms with Gasteiger partial charge in [-0.2, -0.15) is 0 Å². The van der Waals surface area contributed by atoms with Gasteiger partial charge in [-0.1, -0.05) is 29.8 Å². The van der Waals surface area contributed by atoms with E-state index in [-0.39, 0.29) is 36.4 Å². The topological polar surface area (TPSA) is 47.9 Å². The van der Waals surface area contributed by atoms with Gasteiger partial charge >= 0.3 is 0 Å². The van der Waals surface area contributed by atoms with Crippen LogP contribution >= 0.6 is 24.0 Å². The zero-order valence-electron chi connectivity index (χ0n) is 14.9. The van der Waals surface area contributed by atoms with Gasteiger partial charge in [0, 0.05) is 33.2 Å². The minimum absolute atomic E-state index is 0. The molecular weight excluding hydrogens is 415 g/mol. The SMILES string of the molecule is CCNC(=NCC(=O)N1CCCC1)N(C)Cc1ccc(C)cc1.I. The molecule has 0 aliphatic carbocycles. The Balaban J connectivity index is 0.00000288. The summed E-state index contributed by atoms with van der Waals surface area (Å²) in [5, 5.41) is 3.27. The van der Waals surface area contributed by atoms with Crippen LogP contribution in [0, 0.1) is 6.92 Å². The zero-order valence-corrected chi connectivity index (χ0v) is 17.2. The number of benzene rings is 1. The van der Waals surface area contributed by atoms with Gasteiger partial charge in [-0.3, -0.25) is 4.79 Å². The van der Waals surface area contributed by atoms with Gasteiger partial charge in [0.1, 0.15) is 6.54 Å². The van der Waals surface area contributed by atoms with Crippen LogP contribution in [0.3, 0.4) is 0 Å². The van der Waals surface area contributed by atoms with Crippen LogP contribution in [0.5, 0.6) is 0 Å². The van der Waals surface area contributed by atoms with Crippen LogP contribution in [-0.4, -0.2) is 54.9 Å². The Morgan fingerprint density at radius 1 is 1.25 bits per heavy atom. The number of carbonyl (C=O) groups excluding carboxylic acids is 1. The Bertz CT molecular complexity index is 538. The van der Waals surface area contributed by atoms with Crippen LogP contribution in [0.1, 0.15) is 30.9 Å². The highest BCUT2D eigenvalue weighted by atomic mass is 127. The molecule has 1 amide bonds. The Morgan fingerprint density at radius 2 is 1.88 bits per heavy atom. The van der Waals surface area contributed by atoms with E-state index in [1.165, 1.54) is 11.1 Å². The first-order valence-electron chi connectivity index (χ1n) is 8.43. The van der Waals surface area contributed by atoms with Crippen LogP contribution in [0.2, 0.25) is 0 Å². The van der Waals surface area contributed by atoms with Crippen LogP contribution in [0.15, 0.2) is 29.3 Å². The molecule has 0 bridgehead atoms. The van der Waals surface area contributed by atoms with E-state index in [9.17, 15) is 4.79 Å². The van der Waals surface area contributed by atoms with E-state index < -0.39 is 0 Å².